The molecule has 0 aliphatic carbocycles. The van der Waals surface area contributed by atoms with E-state index in [0.29, 0.717) is 0 Å². The van der Waals surface area contributed by atoms with Gasteiger partial charge in [0.25, 0.3) is 0 Å². The van der Waals surface area contributed by atoms with Crippen molar-refractivity contribution in [1.82, 2.24) is 0 Å². The van der Waals surface area contributed by atoms with Crippen LogP contribution in [-0.2, 0) is 4.79 Å². The van der Waals surface area contributed by atoms with E-state index in [2.05, 4.69) is 21.0 Å². The minimum atomic E-state index is -0.650. The van der Waals surface area contributed by atoms with Gasteiger partial charge in [-0.05, 0) is 22.8 Å². The van der Waals surface area contributed by atoms with Crippen molar-refractivity contribution in [3.8, 4) is 0 Å². The molecule has 0 radical (unpaired) electrons. The van der Waals surface area contributed by atoms with Gasteiger partial charge in [-0.1, -0.05) is 12.6 Å². The molecule has 0 saturated carbocycles. The molecular weight excluding hydrogens is 186 g/mol. The van der Waals surface area contributed by atoms with Crippen molar-refractivity contribution in [2.75, 3.05) is 0 Å². The van der Waals surface area contributed by atoms with Crippen LogP contribution in [-0.4, -0.2) is 5.91 Å². The predicted octanol–water partition coefficient (Wildman–Crippen LogP) is 1.65. The average Bonchev–Trinajstić information content (AvgIpc) is 2.20. The standard InChI is InChI=1S/C5H4O2.C3H3N3O/c6-5-3-1-2-4-7-5;1-2-3(7)5-6-4/h1-4H;2H,1H2. The summed E-state index contributed by atoms with van der Waals surface area (Å²) in [5.41, 5.74) is 7.25. The SMILES string of the molecule is C=CC(=O)N=[N+]=[N-].O=c1cccco1. The first kappa shape index (κ1) is 11.7. The molecule has 0 bridgehead atoms. The third-order valence-electron chi connectivity index (χ3n) is 0.924. The topological polar surface area (TPSA) is 96.0 Å². The van der Waals surface area contributed by atoms with Crippen molar-refractivity contribution in [1.29, 1.82) is 0 Å². The minimum absolute atomic E-state index is 0.303. The zero-order valence-corrected chi connectivity index (χ0v) is 7.16. The molecule has 0 aliphatic heterocycles. The molecule has 72 valence electrons. The quantitative estimate of drug-likeness (QED) is 0.293. The van der Waals surface area contributed by atoms with E-state index in [1.54, 1.807) is 12.1 Å². The predicted molar refractivity (Wildman–Crippen MR) is 49.3 cm³/mol. The summed E-state index contributed by atoms with van der Waals surface area (Å²) in [5.74, 6) is -0.650. The van der Waals surface area contributed by atoms with Gasteiger partial charge < -0.3 is 4.42 Å². The van der Waals surface area contributed by atoms with Gasteiger partial charge in [0.2, 0.25) is 5.91 Å². The molecule has 1 rings (SSSR count). The smallest absolute Gasteiger partial charge is 0.335 e. The van der Waals surface area contributed by atoms with Crippen molar-refractivity contribution < 1.29 is 9.21 Å². The maximum Gasteiger partial charge on any atom is 0.335 e. The summed E-state index contributed by atoms with van der Waals surface area (Å²) in [5, 5.41) is 2.67. The molecule has 1 heterocycles. The number of nitrogens with zero attached hydrogens (tertiary/aromatic N) is 3. The number of carbonyl (C=O) groups is 1. The summed E-state index contributed by atoms with van der Waals surface area (Å²) < 4.78 is 4.37. The Morgan fingerprint density at radius 2 is 2.36 bits per heavy atom. The van der Waals surface area contributed by atoms with Crippen LogP contribution in [0.25, 0.3) is 10.4 Å². The first-order valence-electron chi connectivity index (χ1n) is 3.46. The van der Waals surface area contributed by atoms with E-state index < -0.39 is 5.91 Å². The van der Waals surface area contributed by atoms with E-state index >= 15 is 0 Å². The van der Waals surface area contributed by atoms with Crippen LogP contribution in [0.5, 0.6) is 0 Å². The highest BCUT2D eigenvalue weighted by molar-refractivity contribution is 5.87. The van der Waals surface area contributed by atoms with Gasteiger partial charge in [-0.15, -0.1) is 0 Å². The molecule has 0 N–H and O–H groups in total. The van der Waals surface area contributed by atoms with E-state index in [1.165, 1.54) is 12.3 Å². The Morgan fingerprint density at radius 1 is 1.64 bits per heavy atom. The fourth-order valence-electron chi connectivity index (χ4n) is 0.410. The van der Waals surface area contributed by atoms with Gasteiger partial charge in [-0.25, -0.2) is 4.79 Å². The van der Waals surface area contributed by atoms with Crippen molar-refractivity contribution >= 4 is 5.91 Å². The summed E-state index contributed by atoms with van der Waals surface area (Å²) >= 11 is 0. The lowest BCUT2D eigenvalue weighted by Gasteiger charge is -1.72. The number of hydrogen-bond donors (Lipinski definition) is 0. The van der Waals surface area contributed by atoms with Gasteiger partial charge in [-0.3, -0.25) is 4.79 Å². The van der Waals surface area contributed by atoms with Crippen LogP contribution in [0.3, 0.4) is 0 Å². The Morgan fingerprint density at radius 3 is 2.57 bits per heavy atom. The Bertz CT molecular complexity index is 387. The largest absolute Gasteiger partial charge is 0.431 e. The Balaban J connectivity index is 0.000000241. The van der Waals surface area contributed by atoms with E-state index in [9.17, 15) is 9.59 Å². The number of azide groups is 1. The highest BCUT2D eigenvalue weighted by atomic mass is 16.4. The van der Waals surface area contributed by atoms with Gasteiger partial charge in [0, 0.05) is 11.0 Å². The summed E-state index contributed by atoms with van der Waals surface area (Å²) in [7, 11) is 0. The second-order valence-corrected chi connectivity index (χ2v) is 1.86. The van der Waals surface area contributed by atoms with E-state index in [-0.39, 0.29) is 5.63 Å². The van der Waals surface area contributed by atoms with Crippen LogP contribution in [0, 0.1) is 0 Å². The van der Waals surface area contributed by atoms with E-state index in [1.807, 2.05) is 0 Å². The molecule has 1 amide bonds. The number of amides is 1. The fraction of sp³-hybridized carbons (Fsp3) is 0. The molecule has 0 saturated heterocycles. The van der Waals surface area contributed by atoms with Gasteiger partial charge >= 0.3 is 5.63 Å². The highest BCUT2D eigenvalue weighted by Crippen LogP contribution is 1.73. The van der Waals surface area contributed by atoms with Crippen molar-refractivity contribution in [2.24, 2.45) is 5.11 Å². The Kier molecular flexibility index (Phi) is 6.11. The lowest BCUT2D eigenvalue weighted by molar-refractivity contribution is -0.113. The van der Waals surface area contributed by atoms with E-state index in [0.717, 1.165) is 6.08 Å². The molecule has 1 aromatic heterocycles. The first-order valence-corrected chi connectivity index (χ1v) is 3.46. The van der Waals surface area contributed by atoms with E-state index in [4.69, 9.17) is 5.53 Å². The third kappa shape index (κ3) is 6.38. The monoisotopic (exact) mass is 193 g/mol. The fourth-order valence-corrected chi connectivity index (χ4v) is 0.410. The normalized spacial score (nSPS) is 7.43. The first-order chi connectivity index (χ1) is 6.70. The Labute approximate surface area is 79.1 Å². The van der Waals surface area contributed by atoms with Crippen molar-refractivity contribution in [3.63, 3.8) is 0 Å². The van der Waals surface area contributed by atoms with Gasteiger partial charge in [0.1, 0.15) is 0 Å². The third-order valence-corrected chi connectivity index (χ3v) is 0.924. The summed E-state index contributed by atoms with van der Waals surface area (Å²) in [6.45, 7) is 3.06. The van der Waals surface area contributed by atoms with Gasteiger partial charge in [0.15, 0.2) is 0 Å². The minimum Gasteiger partial charge on any atom is -0.431 e. The average molecular weight is 193 g/mol. The van der Waals surface area contributed by atoms with Crippen molar-refractivity contribution in [2.45, 2.75) is 0 Å². The summed E-state index contributed by atoms with van der Waals surface area (Å²) in [6.07, 6.45) is 2.29. The second kappa shape index (κ2) is 7.33. The lowest BCUT2D eigenvalue weighted by Crippen LogP contribution is -1.90. The van der Waals surface area contributed by atoms with Crippen molar-refractivity contribution in [3.05, 3.63) is 58.0 Å². The molecular formula is C8H7N3O3. The zero-order chi connectivity index (χ0) is 10.8. The molecule has 0 atom stereocenters. The van der Waals surface area contributed by atoms with Crippen LogP contribution in [0.15, 0.2) is 51.4 Å². The summed E-state index contributed by atoms with van der Waals surface area (Å²) in [6, 6.07) is 4.65. The van der Waals surface area contributed by atoms with Crippen LogP contribution in [0.1, 0.15) is 0 Å². The molecule has 0 aromatic carbocycles. The number of hydrogen-bond acceptors (Lipinski definition) is 3. The van der Waals surface area contributed by atoms with Crippen LogP contribution < -0.4 is 5.63 Å². The molecule has 0 spiro atoms. The molecule has 1 aromatic rings. The molecule has 0 fully saturated rings. The zero-order valence-electron chi connectivity index (χ0n) is 7.16. The molecule has 14 heavy (non-hydrogen) atoms. The van der Waals surface area contributed by atoms with Gasteiger partial charge in [-0.2, -0.15) is 0 Å². The van der Waals surface area contributed by atoms with Crippen LogP contribution in [0.2, 0.25) is 0 Å². The highest BCUT2D eigenvalue weighted by Gasteiger charge is 1.80. The number of rotatable bonds is 1. The van der Waals surface area contributed by atoms with Gasteiger partial charge in [0.05, 0.1) is 6.26 Å². The maximum absolute atomic E-state index is 10.1. The molecule has 0 aliphatic rings. The maximum atomic E-state index is 10.1. The molecule has 6 heteroatoms. The summed E-state index contributed by atoms with van der Waals surface area (Å²) in [4.78, 5) is 22.2. The Hall–Kier alpha value is -2.33. The van der Waals surface area contributed by atoms with Crippen LogP contribution >= 0.6 is 0 Å². The molecule has 6 nitrogen and oxygen atoms in total. The lowest BCUT2D eigenvalue weighted by atomic mass is 10.5. The number of carbonyl (C=O) groups excluding carboxylic acids is 1. The second-order valence-electron chi connectivity index (χ2n) is 1.86. The van der Waals surface area contributed by atoms with Crippen LogP contribution in [0.4, 0.5) is 0 Å². The molecule has 0 unspecified atom stereocenters.